The van der Waals surface area contributed by atoms with E-state index in [0.29, 0.717) is 6.42 Å². The van der Waals surface area contributed by atoms with Crippen LogP contribution in [0.2, 0.25) is 0 Å². The van der Waals surface area contributed by atoms with Gasteiger partial charge in [-0.1, -0.05) is 6.07 Å². The SMILES string of the molecule is Cl.N#CCc1ccc(N2CCNCC2)nc1. The van der Waals surface area contributed by atoms with Crippen LogP contribution in [-0.4, -0.2) is 31.2 Å². The highest BCUT2D eigenvalue weighted by Crippen LogP contribution is 2.11. The molecule has 4 nitrogen and oxygen atoms in total. The number of anilines is 1. The zero-order valence-corrected chi connectivity index (χ0v) is 9.83. The second-order valence-electron chi connectivity index (χ2n) is 3.60. The molecule has 0 amide bonds. The minimum Gasteiger partial charge on any atom is -0.354 e. The molecule has 1 aliphatic rings. The lowest BCUT2D eigenvalue weighted by Gasteiger charge is -2.28. The molecule has 0 unspecified atom stereocenters. The third-order valence-electron chi connectivity index (χ3n) is 2.53. The number of nitrogens with one attached hydrogen (secondary N) is 1. The third kappa shape index (κ3) is 3.09. The fraction of sp³-hybridized carbons (Fsp3) is 0.455. The van der Waals surface area contributed by atoms with Crippen LogP contribution in [0, 0.1) is 11.3 Å². The summed E-state index contributed by atoms with van der Waals surface area (Å²) in [5.74, 6) is 1.01. The van der Waals surface area contributed by atoms with Crippen LogP contribution in [0.5, 0.6) is 0 Å². The molecule has 0 aliphatic carbocycles. The van der Waals surface area contributed by atoms with Gasteiger partial charge in [-0.3, -0.25) is 0 Å². The highest BCUT2D eigenvalue weighted by Gasteiger charge is 2.10. The lowest BCUT2D eigenvalue weighted by atomic mass is 10.2. The first-order valence-electron chi connectivity index (χ1n) is 5.18. The largest absolute Gasteiger partial charge is 0.354 e. The van der Waals surface area contributed by atoms with Gasteiger partial charge in [0, 0.05) is 32.4 Å². The Labute approximate surface area is 102 Å². The third-order valence-corrected chi connectivity index (χ3v) is 2.53. The van der Waals surface area contributed by atoms with E-state index in [1.807, 2.05) is 12.1 Å². The van der Waals surface area contributed by atoms with Crippen molar-refractivity contribution in [3.63, 3.8) is 0 Å². The Hall–Kier alpha value is -1.31. The van der Waals surface area contributed by atoms with E-state index in [2.05, 4.69) is 21.3 Å². The van der Waals surface area contributed by atoms with Gasteiger partial charge in [-0.2, -0.15) is 5.26 Å². The number of nitriles is 1. The second-order valence-corrected chi connectivity index (χ2v) is 3.60. The van der Waals surface area contributed by atoms with Gasteiger partial charge in [0.05, 0.1) is 12.5 Å². The average Bonchev–Trinajstić information content (AvgIpc) is 2.32. The van der Waals surface area contributed by atoms with Crippen molar-refractivity contribution in [2.24, 2.45) is 0 Å². The van der Waals surface area contributed by atoms with Gasteiger partial charge < -0.3 is 10.2 Å². The predicted octanol–water partition coefficient (Wildman–Crippen LogP) is 0.979. The maximum absolute atomic E-state index is 8.54. The minimum absolute atomic E-state index is 0. The van der Waals surface area contributed by atoms with Crippen LogP contribution in [-0.2, 0) is 6.42 Å². The molecule has 0 spiro atoms. The molecule has 1 aromatic rings. The van der Waals surface area contributed by atoms with Gasteiger partial charge in [0.25, 0.3) is 0 Å². The van der Waals surface area contributed by atoms with E-state index >= 15 is 0 Å². The molecule has 1 aromatic heterocycles. The van der Waals surface area contributed by atoms with Crippen LogP contribution >= 0.6 is 12.4 Å². The van der Waals surface area contributed by atoms with Crippen LogP contribution < -0.4 is 10.2 Å². The monoisotopic (exact) mass is 238 g/mol. The molecule has 2 rings (SSSR count). The molecular weight excluding hydrogens is 224 g/mol. The number of pyridine rings is 1. The molecule has 16 heavy (non-hydrogen) atoms. The first kappa shape index (κ1) is 12.8. The van der Waals surface area contributed by atoms with Gasteiger partial charge in [0.1, 0.15) is 5.82 Å². The average molecular weight is 239 g/mol. The highest BCUT2D eigenvalue weighted by atomic mass is 35.5. The Bertz CT molecular complexity index is 351. The summed E-state index contributed by atoms with van der Waals surface area (Å²) in [5, 5.41) is 11.8. The van der Waals surface area contributed by atoms with Crippen molar-refractivity contribution in [1.82, 2.24) is 10.3 Å². The summed E-state index contributed by atoms with van der Waals surface area (Å²) >= 11 is 0. The van der Waals surface area contributed by atoms with E-state index in [4.69, 9.17) is 5.26 Å². The van der Waals surface area contributed by atoms with Crippen molar-refractivity contribution in [1.29, 1.82) is 5.26 Å². The topological polar surface area (TPSA) is 52.0 Å². The molecule has 5 heteroatoms. The van der Waals surface area contributed by atoms with Crippen molar-refractivity contribution >= 4 is 18.2 Å². The van der Waals surface area contributed by atoms with Gasteiger partial charge in [-0.05, 0) is 11.6 Å². The van der Waals surface area contributed by atoms with Crippen LogP contribution in [0.15, 0.2) is 18.3 Å². The van der Waals surface area contributed by atoms with E-state index in [-0.39, 0.29) is 12.4 Å². The summed E-state index contributed by atoms with van der Waals surface area (Å²) in [6, 6.07) is 6.10. The second kappa shape index (κ2) is 6.31. The van der Waals surface area contributed by atoms with Crippen molar-refractivity contribution < 1.29 is 0 Å². The fourth-order valence-electron chi connectivity index (χ4n) is 1.69. The van der Waals surface area contributed by atoms with Crippen molar-refractivity contribution in [2.45, 2.75) is 6.42 Å². The van der Waals surface area contributed by atoms with Crippen molar-refractivity contribution in [3.8, 4) is 6.07 Å². The molecule has 0 atom stereocenters. The normalized spacial score (nSPS) is 15.1. The molecule has 0 bridgehead atoms. The Morgan fingerprint density at radius 3 is 2.69 bits per heavy atom. The van der Waals surface area contributed by atoms with Crippen LogP contribution in [0.25, 0.3) is 0 Å². The number of hydrogen-bond acceptors (Lipinski definition) is 4. The lowest BCUT2D eigenvalue weighted by molar-refractivity contribution is 0.585. The summed E-state index contributed by atoms with van der Waals surface area (Å²) < 4.78 is 0. The molecule has 1 N–H and O–H groups in total. The maximum Gasteiger partial charge on any atom is 0.128 e. The Kier molecular flexibility index (Phi) is 5.03. The van der Waals surface area contributed by atoms with Crippen molar-refractivity contribution in [3.05, 3.63) is 23.9 Å². The summed E-state index contributed by atoms with van der Waals surface area (Å²) in [4.78, 5) is 6.62. The molecule has 2 heterocycles. The first-order valence-corrected chi connectivity index (χ1v) is 5.18. The van der Waals surface area contributed by atoms with Crippen LogP contribution in [0.3, 0.4) is 0 Å². The summed E-state index contributed by atoms with van der Waals surface area (Å²) in [6.07, 6.45) is 2.23. The first-order chi connectivity index (χ1) is 7.40. The van der Waals surface area contributed by atoms with Gasteiger partial charge in [0.15, 0.2) is 0 Å². The van der Waals surface area contributed by atoms with E-state index in [1.54, 1.807) is 6.20 Å². The summed E-state index contributed by atoms with van der Waals surface area (Å²) in [6.45, 7) is 4.04. The molecule has 86 valence electrons. The number of nitrogens with zero attached hydrogens (tertiary/aromatic N) is 3. The molecule has 1 aliphatic heterocycles. The number of piperazine rings is 1. The molecular formula is C11H15ClN4. The van der Waals surface area contributed by atoms with Crippen molar-refractivity contribution in [2.75, 3.05) is 31.1 Å². The molecule has 0 radical (unpaired) electrons. The quantitative estimate of drug-likeness (QED) is 0.835. The smallest absolute Gasteiger partial charge is 0.128 e. The molecule has 0 aromatic carbocycles. The summed E-state index contributed by atoms with van der Waals surface area (Å²) in [5.41, 5.74) is 0.983. The van der Waals surface area contributed by atoms with Crippen LogP contribution in [0.1, 0.15) is 5.56 Å². The number of hydrogen-bond donors (Lipinski definition) is 1. The predicted molar refractivity (Wildman–Crippen MR) is 65.9 cm³/mol. The Morgan fingerprint density at radius 2 is 2.12 bits per heavy atom. The lowest BCUT2D eigenvalue weighted by Crippen LogP contribution is -2.43. The Morgan fingerprint density at radius 1 is 1.38 bits per heavy atom. The van der Waals surface area contributed by atoms with Gasteiger partial charge in [0.2, 0.25) is 0 Å². The summed E-state index contributed by atoms with van der Waals surface area (Å²) in [7, 11) is 0. The number of aromatic nitrogens is 1. The van der Waals surface area contributed by atoms with E-state index < -0.39 is 0 Å². The standard InChI is InChI=1S/C11H14N4.ClH/c12-4-3-10-1-2-11(14-9-10)15-7-5-13-6-8-15;/h1-2,9,13H,3,5-8H2;1H. The van der Waals surface area contributed by atoms with E-state index in [0.717, 1.165) is 37.6 Å². The van der Waals surface area contributed by atoms with Gasteiger partial charge in [-0.15, -0.1) is 12.4 Å². The fourth-order valence-corrected chi connectivity index (χ4v) is 1.69. The number of halogens is 1. The van der Waals surface area contributed by atoms with E-state index in [9.17, 15) is 0 Å². The van der Waals surface area contributed by atoms with Gasteiger partial charge >= 0.3 is 0 Å². The molecule has 1 saturated heterocycles. The molecule has 1 fully saturated rings. The molecule has 0 saturated carbocycles. The van der Waals surface area contributed by atoms with Crippen LogP contribution in [0.4, 0.5) is 5.82 Å². The maximum atomic E-state index is 8.54. The van der Waals surface area contributed by atoms with Gasteiger partial charge in [-0.25, -0.2) is 4.98 Å². The zero-order valence-electron chi connectivity index (χ0n) is 9.02. The zero-order chi connectivity index (χ0) is 10.5. The van der Waals surface area contributed by atoms with E-state index in [1.165, 1.54) is 0 Å². The number of rotatable bonds is 2. The minimum atomic E-state index is 0. The Balaban J connectivity index is 0.00000128. The highest BCUT2D eigenvalue weighted by molar-refractivity contribution is 5.85.